The van der Waals surface area contributed by atoms with E-state index in [2.05, 4.69) is 39.7 Å². The lowest BCUT2D eigenvalue weighted by Gasteiger charge is -2.39. The summed E-state index contributed by atoms with van der Waals surface area (Å²) >= 11 is 0. The number of furan rings is 1. The van der Waals surface area contributed by atoms with Crippen molar-refractivity contribution in [1.29, 1.82) is 0 Å². The summed E-state index contributed by atoms with van der Waals surface area (Å²) in [6, 6.07) is 6.84. The first kappa shape index (κ1) is 23.2. The van der Waals surface area contributed by atoms with Gasteiger partial charge in [-0.15, -0.1) is 5.10 Å². The fraction of sp³-hybridized carbons (Fsp3) is 0.417. The molecule has 4 aromatic rings. The molecule has 6 heterocycles. The fourth-order valence-electron chi connectivity index (χ4n) is 5.16. The van der Waals surface area contributed by atoms with Gasteiger partial charge < -0.3 is 25.1 Å². The third-order valence-corrected chi connectivity index (χ3v) is 6.97. The molecule has 4 aromatic heterocycles. The number of carboxylic acid groups (broad SMARTS) is 1. The highest BCUT2D eigenvalue weighted by Crippen LogP contribution is 2.25. The number of aromatic carboxylic acids is 1. The number of piperidine rings is 1. The molecule has 2 aliphatic heterocycles. The van der Waals surface area contributed by atoms with Crippen molar-refractivity contribution in [3.05, 3.63) is 42.3 Å². The minimum Gasteiger partial charge on any atom is -0.478 e. The van der Waals surface area contributed by atoms with Gasteiger partial charge in [-0.3, -0.25) is 4.90 Å². The Morgan fingerprint density at radius 2 is 1.95 bits per heavy atom. The predicted molar refractivity (Wildman–Crippen MR) is 135 cm³/mol. The normalized spacial score (nSPS) is 19.0. The summed E-state index contributed by atoms with van der Waals surface area (Å²) in [6.45, 7) is 5.86. The van der Waals surface area contributed by atoms with Crippen molar-refractivity contribution in [2.45, 2.75) is 12.8 Å². The van der Waals surface area contributed by atoms with Crippen LogP contribution in [0.3, 0.4) is 0 Å². The topological polar surface area (TPSA) is 155 Å². The number of nitrogens with two attached hydrogens (primary N) is 1. The molecule has 13 heteroatoms. The maximum Gasteiger partial charge on any atom is 0.339 e. The van der Waals surface area contributed by atoms with E-state index in [0.717, 1.165) is 58.7 Å². The monoisotopic (exact) mass is 504 g/mol. The molecule has 3 N–H and O–H groups in total. The average Bonchev–Trinajstić information content (AvgIpc) is 3.60. The minimum atomic E-state index is -0.947. The van der Waals surface area contributed by atoms with Crippen LogP contribution < -0.4 is 15.5 Å². The van der Waals surface area contributed by atoms with E-state index < -0.39 is 5.97 Å². The molecule has 37 heavy (non-hydrogen) atoms. The van der Waals surface area contributed by atoms with Gasteiger partial charge in [-0.25, -0.2) is 9.78 Å². The minimum absolute atomic E-state index is 0.235. The summed E-state index contributed by atoms with van der Waals surface area (Å²) < 4.78 is 6.83. The maximum atomic E-state index is 11.6. The van der Waals surface area contributed by atoms with Gasteiger partial charge in [0.2, 0.25) is 17.7 Å². The molecule has 192 valence electrons. The van der Waals surface area contributed by atoms with Crippen molar-refractivity contribution in [1.82, 2.24) is 34.4 Å². The van der Waals surface area contributed by atoms with Crippen LogP contribution >= 0.6 is 0 Å². The first-order valence-corrected chi connectivity index (χ1v) is 12.4. The van der Waals surface area contributed by atoms with Gasteiger partial charge >= 0.3 is 5.97 Å². The van der Waals surface area contributed by atoms with E-state index in [-0.39, 0.29) is 11.5 Å². The Kier molecular flexibility index (Phi) is 6.04. The third kappa shape index (κ3) is 4.65. The van der Waals surface area contributed by atoms with Gasteiger partial charge in [-0.05, 0) is 43.0 Å². The molecule has 0 aromatic carbocycles. The number of fused-ring (bicyclic) bond motifs is 1. The number of nitrogens with zero attached hydrogens (tertiary/aromatic N) is 9. The van der Waals surface area contributed by atoms with Crippen molar-refractivity contribution in [2.24, 2.45) is 5.92 Å². The SMILES string of the molecule is Nc1nc(N2CCC[C@@H](CN3CCN(c4ncccc4C(=O)O)CC3)C2)nc2nc(-c3ccco3)nn12. The van der Waals surface area contributed by atoms with Gasteiger partial charge in [0, 0.05) is 52.0 Å². The van der Waals surface area contributed by atoms with Crippen LogP contribution in [0, 0.1) is 5.92 Å². The molecule has 13 nitrogen and oxygen atoms in total. The number of pyridine rings is 1. The summed E-state index contributed by atoms with van der Waals surface area (Å²) in [5.41, 5.74) is 6.45. The summed E-state index contributed by atoms with van der Waals surface area (Å²) in [5.74, 6) is 2.22. The van der Waals surface area contributed by atoms with Crippen LogP contribution in [0.4, 0.5) is 17.7 Å². The van der Waals surface area contributed by atoms with Gasteiger partial charge in [0.05, 0.1) is 6.26 Å². The smallest absolute Gasteiger partial charge is 0.339 e. The molecule has 2 fully saturated rings. The van der Waals surface area contributed by atoms with Crippen molar-refractivity contribution in [3.63, 3.8) is 0 Å². The van der Waals surface area contributed by atoms with Gasteiger partial charge in [0.15, 0.2) is 5.76 Å². The number of rotatable bonds is 6. The highest BCUT2D eigenvalue weighted by Gasteiger charge is 2.28. The van der Waals surface area contributed by atoms with E-state index in [9.17, 15) is 9.90 Å². The van der Waals surface area contributed by atoms with Gasteiger partial charge in [0.25, 0.3) is 5.78 Å². The Balaban J connectivity index is 1.10. The molecule has 0 radical (unpaired) electrons. The second kappa shape index (κ2) is 9.65. The molecule has 0 unspecified atom stereocenters. The van der Waals surface area contributed by atoms with Crippen LogP contribution in [0.5, 0.6) is 0 Å². The summed E-state index contributed by atoms with van der Waals surface area (Å²) in [7, 11) is 0. The van der Waals surface area contributed by atoms with Crippen molar-refractivity contribution in [3.8, 4) is 11.6 Å². The number of anilines is 3. The summed E-state index contributed by atoms with van der Waals surface area (Å²) in [6.07, 6.45) is 5.39. The number of hydrogen-bond acceptors (Lipinski definition) is 11. The molecule has 0 spiro atoms. The quantitative estimate of drug-likeness (QED) is 0.391. The van der Waals surface area contributed by atoms with E-state index in [1.54, 1.807) is 36.7 Å². The third-order valence-electron chi connectivity index (χ3n) is 6.97. The van der Waals surface area contributed by atoms with Crippen LogP contribution in [0.2, 0.25) is 0 Å². The zero-order chi connectivity index (χ0) is 25.4. The zero-order valence-corrected chi connectivity index (χ0v) is 20.3. The van der Waals surface area contributed by atoms with Crippen LogP contribution in [0.25, 0.3) is 17.4 Å². The number of hydrogen-bond donors (Lipinski definition) is 2. The average molecular weight is 505 g/mol. The van der Waals surface area contributed by atoms with Crippen molar-refractivity contribution >= 4 is 29.5 Å². The number of aromatic nitrogens is 6. The number of carboxylic acids is 1. The predicted octanol–water partition coefficient (Wildman–Crippen LogP) is 1.49. The lowest BCUT2D eigenvalue weighted by molar-refractivity contribution is 0.0697. The van der Waals surface area contributed by atoms with E-state index in [1.807, 2.05) is 0 Å². The molecular formula is C24H28N10O3. The van der Waals surface area contributed by atoms with E-state index in [4.69, 9.17) is 10.2 Å². The standard InChI is InChI=1S/C24H28N10O3/c25-22-28-23(29-24-27-19(30-34(22)24)18-6-3-13-37-18)33-8-2-4-16(15-33)14-31-9-11-32(12-10-31)20-17(21(35)36)5-1-7-26-20/h1,3,5-7,13,16H,2,4,8-12,14-15H2,(H,35,36)(H2,25,27,28,29,30)/t16-/m0/s1. The lowest BCUT2D eigenvalue weighted by Crippen LogP contribution is -2.50. The van der Waals surface area contributed by atoms with Crippen LogP contribution in [0.15, 0.2) is 41.1 Å². The zero-order valence-electron chi connectivity index (χ0n) is 20.3. The molecule has 2 saturated heterocycles. The second-order valence-electron chi connectivity index (χ2n) is 9.43. The summed E-state index contributed by atoms with van der Waals surface area (Å²) in [4.78, 5) is 36.2. The van der Waals surface area contributed by atoms with Gasteiger partial charge in [0.1, 0.15) is 11.4 Å². The fourth-order valence-corrected chi connectivity index (χ4v) is 5.16. The first-order chi connectivity index (χ1) is 18.0. The van der Waals surface area contributed by atoms with Crippen molar-refractivity contribution in [2.75, 3.05) is 61.3 Å². The Hall–Kier alpha value is -4.26. The van der Waals surface area contributed by atoms with E-state index in [0.29, 0.717) is 35.0 Å². The highest BCUT2D eigenvalue weighted by atomic mass is 16.4. The second-order valence-corrected chi connectivity index (χ2v) is 9.43. The molecule has 0 bridgehead atoms. The lowest BCUT2D eigenvalue weighted by atomic mass is 9.97. The first-order valence-electron chi connectivity index (χ1n) is 12.4. The molecule has 2 aliphatic rings. The number of carbonyl (C=O) groups is 1. The maximum absolute atomic E-state index is 11.6. The Bertz CT molecular complexity index is 1400. The Labute approximate surface area is 212 Å². The molecule has 0 amide bonds. The van der Waals surface area contributed by atoms with Crippen molar-refractivity contribution < 1.29 is 14.3 Å². The summed E-state index contributed by atoms with van der Waals surface area (Å²) in [5, 5.41) is 13.9. The molecule has 1 atom stereocenters. The Morgan fingerprint density at radius 1 is 1.08 bits per heavy atom. The number of nitrogen functional groups attached to an aromatic ring is 1. The van der Waals surface area contributed by atoms with E-state index in [1.165, 1.54) is 4.52 Å². The largest absolute Gasteiger partial charge is 0.478 e. The molecule has 0 saturated carbocycles. The molecule has 6 rings (SSSR count). The van der Waals surface area contributed by atoms with Crippen LogP contribution in [-0.4, -0.2) is 91.3 Å². The van der Waals surface area contributed by atoms with E-state index >= 15 is 0 Å². The molecule has 0 aliphatic carbocycles. The van der Waals surface area contributed by atoms with Crippen LogP contribution in [0.1, 0.15) is 23.2 Å². The number of piperazine rings is 1. The van der Waals surface area contributed by atoms with Gasteiger partial charge in [-0.1, -0.05) is 0 Å². The molecular weight excluding hydrogens is 476 g/mol. The van der Waals surface area contributed by atoms with Crippen LogP contribution in [-0.2, 0) is 0 Å². The van der Waals surface area contributed by atoms with Gasteiger partial charge in [-0.2, -0.15) is 19.5 Å². The highest BCUT2D eigenvalue weighted by molar-refractivity contribution is 5.93. The Morgan fingerprint density at radius 3 is 2.73 bits per heavy atom.